The molecule has 0 aliphatic carbocycles. The molecule has 3 rings (SSSR count). The van der Waals surface area contributed by atoms with E-state index in [1.807, 2.05) is 55.5 Å². The molecule has 1 unspecified atom stereocenters. The zero-order valence-corrected chi connectivity index (χ0v) is 14.0. The molecule has 122 valence electrons. The molecule has 0 N–H and O–H groups in total. The minimum absolute atomic E-state index is 0.0820. The fourth-order valence-electron chi connectivity index (χ4n) is 2.88. The van der Waals surface area contributed by atoms with E-state index in [2.05, 4.69) is 11.8 Å². The Bertz CT molecular complexity index is 799. The molecule has 0 spiro atoms. The summed E-state index contributed by atoms with van der Waals surface area (Å²) in [7, 11) is 1.63. The number of rotatable bonds is 3. The molecule has 0 aromatic heterocycles. The lowest BCUT2D eigenvalue weighted by Crippen LogP contribution is -2.45. The number of carbonyl (C=O) groups excluding carboxylic acids is 1. The highest BCUT2D eigenvalue weighted by Gasteiger charge is 2.39. The fourth-order valence-corrected chi connectivity index (χ4v) is 2.88. The Morgan fingerprint density at radius 2 is 1.88 bits per heavy atom. The predicted molar refractivity (Wildman–Crippen MR) is 93.3 cm³/mol. The van der Waals surface area contributed by atoms with Gasteiger partial charge < -0.3 is 9.47 Å². The van der Waals surface area contributed by atoms with Crippen LogP contribution in [-0.2, 0) is 4.74 Å². The van der Waals surface area contributed by atoms with E-state index >= 15 is 0 Å². The van der Waals surface area contributed by atoms with Crippen LogP contribution in [0.15, 0.2) is 48.5 Å². The van der Waals surface area contributed by atoms with Crippen molar-refractivity contribution >= 4 is 5.78 Å². The van der Waals surface area contributed by atoms with E-state index < -0.39 is 5.60 Å². The van der Waals surface area contributed by atoms with Crippen LogP contribution in [0.4, 0.5) is 0 Å². The van der Waals surface area contributed by atoms with E-state index in [1.54, 1.807) is 7.11 Å². The van der Waals surface area contributed by atoms with Crippen LogP contribution in [0.1, 0.15) is 41.3 Å². The third-order valence-corrected chi connectivity index (χ3v) is 4.27. The van der Waals surface area contributed by atoms with Crippen LogP contribution >= 0.6 is 0 Å². The van der Waals surface area contributed by atoms with Gasteiger partial charge in [-0.3, -0.25) is 4.79 Å². The Balaban J connectivity index is 1.89. The zero-order valence-electron chi connectivity index (χ0n) is 14.0. The van der Waals surface area contributed by atoms with Gasteiger partial charge in [-0.15, -0.1) is 0 Å². The standard InChI is InChI=1S/C21H20O3/c1-3-21(15-23-2)14-19(22)18-13-17(11-12-20(18)24-21)10-9-16-7-5-4-6-8-16/h4-8,11-13H,3,14-15H2,1-2H3. The molecular formula is C21H20O3. The molecule has 0 bridgehead atoms. The van der Waals surface area contributed by atoms with Crippen LogP contribution in [0.25, 0.3) is 0 Å². The van der Waals surface area contributed by atoms with Crippen LogP contribution in [0.5, 0.6) is 5.75 Å². The summed E-state index contributed by atoms with van der Waals surface area (Å²) >= 11 is 0. The van der Waals surface area contributed by atoms with Gasteiger partial charge in [-0.2, -0.15) is 0 Å². The molecule has 1 aliphatic rings. The lowest BCUT2D eigenvalue weighted by Gasteiger charge is -2.36. The third-order valence-electron chi connectivity index (χ3n) is 4.27. The lowest BCUT2D eigenvalue weighted by atomic mass is 9.88. The number of fused-ring (bicyclic) bond motifs is 1. The monoisotopic (exact) mass is 320 g/mol. The number of hydrogen-bond acceptors (Lipinski definition) is 3. The number of ketones is 1. The van der Waals surface area contributed by atoms with Crippen molar-refractivity contribution in [3.8, 4) is 17.6 Å². The second kappa shape index (κ2) is 6.90. The van der Waals surface area contributed by atoms with Crippen molar-refractivity contribution in [2.45, 2.75) is 25.4 Å². The van der Waals surface area contributed by atoms with Gasteiger partial charge in [0, 0.05) is 18.2 Å². The minimum Gasteiger partial charge on any atom is -0.484 e. The first-order valence-corrected chi connectivity index (χ1v) is 8.08. The van der Waals surface area contributed by atoms with Crippen LogP contribution in [0.2, 0.25) is 0 Å². The summed E-state index contributed by atoms with van der Waals surface area (Å²) in [6, 6.07) is 15.3. The maximum absolute atomic E-state index is 12.6. The number of Topliss-reactive ketones (excluding diaryl/α,β-unsaturated/α-hetero) is 1. The van der Waals surface area contributed by atoms with Gasteiger partial charge in [-0.1, -0.05) is 37.0 Å². The molecule has 0 amide bonds. The molecule has 1 aliphatic heterocycles. The van der Waals surface area contributed by atoms with Crippen molar-refractivity contribution in [3.63, 3.8) is 0 Å². The number of benzene rings is 2. The highest BCUT2D eigenvalue weighted by molar-refractivity contribution is 6.00. The molecule has 1 heterocycles. The average molecular weight is 320 g/mol. The first-order chi connectivity index (χ1) is 11.7. The van der Waals surface area contributed by atoms with Gasteiger partial charge in [0.2, 0.25) is 0 Å². The van der Waals surface area contributed by atoms with Crippen molar-refractivity contribution in [3.05, 3.63) is 65.2 Å². The summed E-state index contributed by atoms with van der Waals surface area (Å²) in [5.74, 6) is 6.92. The van der Waals surface area contributed by atoms with Crippen LogP contribution in [0, 0.1) is 11.8 Å². The highest BCUT2D eigenvalue weighted by Crippen LogP contribution is 2.35. The van der Waals surface area contributed by atoms with E-state index in [1.165, 1.54) is 0 Å². The predicted octanol–water partition coefficient (Wildman–Crippen LogP) is 3.85. The summed E-state index contributed by atoms with van der Waals surface area (Å²) in [6.45, 7) is 2.42. The van der Waals surface area contributed by atoms with Crippen molar-refractivity contribution in [1.82, 2.24) is 0 Å². The van der Waals surface area contributed by atoms with Gasteiger partial charge >= 0.3 is 0 Å². The quantitative estimate of drug-likeness (QED) is 0.806. The molecule has 24 heavy (non-hydrogen) atoms. The summed E-state index contributed by atoms with van der Waals surface area (Å²) in [5, 5.41) is 0. The van der Waals surface area contributed by atoms with E-state index in [0.717, 1.165) is 17.5 Å². The molecular weight excluding hydrogens is 300 g/mol. The van der Waals surface area contributed by atoms with E-state index in [9.17, 15) is 4.79 Å². The number of carbonyl (C=O) groups is 1. The maximum atomic E-state index is 12.6. The largest absolute Gasteiger partial charge is 0.484 e. The first-order valence-electron chi connectivity index (χ1n) is 8.08. The molecule has 3 nitrogen and oxygen atoms in total. The Labute approximate surface area is 142 Å². The molecule has 0 saturated carbocycles. The molecule has 3 heteroatoms. The van der Waals surface area contributed by atoms with Crippen molar-refractivity contribution in [1.29, 1.82) is 0 Å². The third kappa shape index (κ3) is 3.34. The molecule has 1 atom stereocenters. The topological polar surface area (TPSA) is 35.5 Å². The number of ether oxygens (including phenoxy) is 2. The van der Waals surface area contributed by atoms with Gasteiger partial charge in [0.25, 0.3) is 0 Å². The summed E-state index contributed by atoms with van der Waals surface area (Å²) in [4.78, 5) is 12.6. The van der Waals surface area contributed by atoms with Crippen LogP contribution < -0.4 is 4.74 Å². The Morgan fingerprint density at radius 3 is 2.58 bits per heavy atom. The average Bonchev–Trinajstić information content (AvgIpc) is 2.61. The summed E-state index contributed by atoms with van der Waals surface area (Å²) in [5.41, 5.74) is 1.80. The first kappa shape index (κ1) is 16.3. The highest BCUT2D eigenvalue weighted by atomic mass is 16.5. The SMILES string of the molecule is CCC1(COC)CC(=O)c2cc(C#Cc3ccccc3)ccc2O1. The molecule has 2 aromatic rings. The summed E-state index contributed by atoms with van der Waals surface area (Å²) in [6.07, 6.45) is 1.06. The van der Waals surface area contributed by atoms with Gasteiger partial charge in [0.05, 0.1) is 18.6 Å². The molecule has 0 fully saturated rings. The van der Waals surface area contributed by atoms with E-state index in [4.69, 9.17) is 9.47 Å². The smallest absolute Gasteiger partial charge is 0.170 e. The second-order valence-electron chi connectivity index (χ2n) is 6.00. The van der Waals surface area contributed by atoms with Gasteiger partial charge in [-0.25, -0.2) is 0 Å². The van der Waals surface area contributed by atoms with Gasteiger partial charge in [0.1, 0.15) is 11.4 Å². The van der Waals surface area contributed by atoms with Crippen molar-refractivity contribution in [2.24, 2.45) is 0 Å². The van der Waals surface area contributed by atoms with Crippen LogP contribution in [-0.4, -0.2) is 25.1 Å². The maximum Gasteiger partial charge on any atom is 0.170 e. The Kier molecular flexibility index (Phi) is 4.69. The number of methoxy groups -OCH3 is 1. The van der Waals surface area contributed by atoms with Gasteiger partial charge in [-0.05, 0) is 36.8 Å². The molecule has 2 aromatic carbocycles. The van der Waals surface area contributed by atoms with Crippen molar-refractivity contribution < 1.29 is 14.3 Å². The number of hydrogen-bond donors (Lipinski definition) is 0. The lowest BCUT2D eigenvalue weighted by molar-refractivity contribution is -0.0211. The second-order valence-corrected chi connectivity index (χ2v) is 6.00. The minimum atomic E-state index is -0.559. The van der Waals surface area contributed by atoms with E-state index in [-0.39, 0.29) is 5.78 Å². The molecule has 0 saturated heterocycles. The Morgan fingerprint density at radius 1 is 1.12 bits per heavy atom. The fraction of sp³-hybridized carbons (Fsp3) is 0.286. The molecule has 0 radical (unpaired) electrons. The van der Waals surface area contributed by atoms with Crippen molar-refractivity contribution in [2.75, 3.05) is 13.7 Å². The normalized spacial score (nSPS) is 19.0. The van der Waals surface area contributed by atoms with E-state index in [0.29, 0.717) is 24.3 Å². The van der Waals surface area contributed by atoms with Gasteiger partial charge in [0.15, 0.2) is 5.78 Å². The summed E-state index contributed by atoms with van der Waals surface area (Å²) < 4.78 is 11.4. The van der Waals surface area contributed by atoms with Crippen LogP contribution in [0.3, 0.4) is 0 Å². The zero-order chi connectivity index (χ0) is 17.0. The Hall–Kier alpha value is -2.57.